The molecule has 0 fully saturated rings. The number of ether oxygens (including phenoxy) is 1. The predicted octanol–water partition coefficient (Wildman–Crippen LogP) is 3.76. The first-order valence-corrected chi connectivity index (χ1v) is 9.12. The molecule has 0 aromatic heterocycles. The standard InChI is InChI=1S/C23H22N2O3/c1-2-28-21-14-12-20(13-15-21)23(27)25-24-22(26)16-17-8-10-19(11-9-17)18-6-4-3-5-7-18/h3-15H,2,16H2,1H3,(H,24,26)(H,25,27). The van der Waals surface area contributed by atoms with Gasteiger partial charge in [-0.05, 0) is 47.9 Å². The first-order chi connectivity index (χ1) is 13.7. The summed E-state index contributed by atoms with van der Waals surface area (Å²) in [6.07, 6.45) is 0.179. The van der Waals surface area contributed by atoms with Gasteiger partial charge in [0.15, 0.2) is 0 Å². The lowest BCUT2D eigenvalue weighted by Gasteiger charge is -2.09. The van der Waals surface area contributed by atoms with Crippen molar-refractivity contribution in [2.75, 3.05) is 6.61 Å². The number of rotatable bonds is 6. The Bertz CT molecular complexity index is 920. The third-order valence-electron chi connectivity index (χ3n) is 4.17. The van der Waals surface area contributed by atoms with Crippen LogP contribution in [0.4, 0.5) is 0 Å². The fourth-order valence-electron chi connectivity index (χ4n) is 2.74. The fourth-order valence-corrected chi connectivity index (χ4v) is 2.74. The SMILES string of the molecule is CCOc1ccc(C(=O)NNC(=O)Cc2ccc(-c3ccccc3)cc2)cc1. The van der Waals surface area contributed by atoms with Crippen LogP contribution in [0.3, 0.4) is 0 Å². The Morgan fingerprint density at radius 3 is 2.07 bits per heavy atom. The van der Waals surface area contributed by atoms with Crippen LogP contribution in [0.2, 0.25) is 0 Å². The van der Waals surface area contributed by atoms with Crippen molar-refractivity contribution in [1.29, 1.82) is 0 Å². The molecule has 0 saturated carbocycles. The van der Waals surface area contributed by atoms with Crippen LogP contribution < -0.4 is 15.6 Å². The van der Waals surface area contributed by atoms with Crippen LogP contribution in [0.25, 0.3) is 11.1 Å². The number of carbonyl (C=O) groups is 2. The van der Waals surface area contributed by atoms with Crippen molar-refractivity contribution in [3.63, 3.8) is 0 Å². The van der Waals surface area contributed by atoms with E-state index >= 15 is 0 Å². The monoisotopic (exact) mass is 374 g/mol. The van der Waals surface area contributed by atoms with E-state index in [0.717, 1.165) is 16.7 Å². The van der Waals surface area contributed by atoms with Crippen molar-refractivity contribution < 1.29 is 14.3 Å². The van der Waals surface area contributed by atoms with Crippen molar-refractivity contribution in [3.05, 3.63) is 90.0 Å². The van der Waals surface area contributed by atoms with E-state index in [-0.39, 0.29) is 18.2 Å². The summed E-state index contributed by atoms with van der Waals surface area (Å²) in [5.41, 5.74) is 8.40. The van der Waals surface area contributed by atoms with Gasteiger partial charge in [0.1, 0.15) is 5.75 Å². The largest absolute Gasteiger partial charge is 0.494 e. The molecule has 0 aliphatic rings. The van der Waals surface area contributed by atoms with E-state index in [2.05, 4.69) is 10.9 Å². The molecule has 0 radical (unpaired) electrons. The van der Waals surface area contributed by atoms with Crippen LogP contribution in [0, 0.1) is 0 Å². The lowest BCUT2D eigenvalue weighted by Crippen LogP contribution is -2.42. The fraction of sp³-hybridized carbons (Fsp3) is 0.130. The van der Waals surface area contributed by atoms with Crippen molar-refractivity contribution in [1.82, 2.24) is 10.9 Å². The lowest BCUT2D eigenvalue weighted by molar-refractivity contribution is -0.121. The van der Waals surface area contributed by atoms with Gasteiger partial charge in [0.05, 0.1) is 13.0 Å². The zero-order chi connectivity index (χ0) is 19.8. The second-order valence-corrected chi connectivity index (χ2v) is 6.20. The van der Waals surface area contributed by atoms with Gasteiger partial charge >= 0.3 is 0 Å². The van der Waals surface area contributed by atoms with Gasteiger partial charge in [-0.25, -0.2) is 0 Å². The number of benzene rings is 3. The maximum atomic E-state index is 12.1. The van der Waals surface area contributed by atoms with E-state index in [1.165, 1.54) is 0 Å². The third kappa shape index (κ3) is 5.20. The number of amides is 2. The van der Waals surface area contributed by atoms with Crippen LogP contribution in [0.1, 0.15) is 22.8 Å². The Morgan fingerprint density at radius 1 is 0.786 bits per heavy atom. The maximum absolute atomic E-state index is 12.1. The Morgan fingerprint density at radius 2 is 1.43 bits per heavy atom. The summed E-state index contributed by atoms with van der Waals surface area (Å²) < 4.78 is 5.34. The molecular formula is C23H22N2O3. The lowest BCUT2D eigenvalue weighted by atomic mass is 10.0. The zero-order valence-electron chi connectivity index (χ0n) is 15.6. The summed E-state index contributed by atoms with van der Waals surface area (Å²) >= 11 is 0. The van der Waals surface area contributed by atoms with Crippen LogP contribution in [-0.2, 0) is 11.2 Å². The van der Waals surface area contributed by atoms with Crippen molar-refractivity contribution in [3.8, 4) is 16.9 Å². The second kappa shape index (κ2) is 9.37. The minimum atomic E-state index is -0.379. The number of hydrazine groups is 1. The van der Waals surface area contributed by atoms with Crippen LogP contribution >= 0.6 is 0 Å². The van der Waals surface area contributed by atoms with Gasteiger partial charge in [-0.1, -0.05) is 54.6 Å². The Kier molecular flexibility index (Phi) is 6.41. The van der Waals surface area contributed by atoms with Gasteiger partial charge in [0.25, 0.3) is 5.91 Å². The molecule has 2 amide bonds. The second-order valence-electron chi connectivity index (χ2n) is 6.20. The minimum Gasteiger partial charge on any atom is -0.494 e. The molecule has 0 aliphatic heterocycles. The third-order valence-corrected chi connectivity index (χ3v) is 4.17. The average Bonchev–Trinajstić information content (AvgIpc) is 2.74. The van der Waals surface area contributed by atoms with Crippen molar-refractivity contribution in [2.45, 2.75) is 13.3 Å². The Balaban J connectivity index is 1.50. The highest BCUT2D eigenvalue weighted by atomic mass is 16.5. The summed E-state index contributed by atoms with van der Waals surface area (Å²) in [6, 6.07) is 24.6. The van der Waals surface area contributed by atoms with Gasteiger partial charge in [0, 0.05) is 5.56 Å². The summed E-state index contributed by atoms with van der Waals surface area (Å²) in [4.78, 5) is 24.2. The predicted molar refractivity (Wildman–Crippen MR) is 109 cm³/mol. The molecule has 142 valence electrons. The van der Waals surface area contributed by atoms with Crippen molar-refractivity contribution in [2.24, 2.45) is 0 Å². The number of hydrogen-bond donors (Lipinski definition) is 2. The van der Waals surface area contributed by atoms with E-state index in [9.17, 15) is 9.59 Å². The normalized spacial score (nSPS) is 10.2. The smallest absolute Gasteiger partial charge is 0.269 e. The first kappa shape index (κ1) is 19.2. The highest BCUT2D eigenvalue weighted by Crippen LogP contribution is 2.19. The van der Waals surface area contributed by atoms with E-state index in [1.807, 2.05) is 61.5 Å². The van der Waals surface area contributed by atoms with E-state index < -0.39 is 0 Å². The number of hydrogen-bond acceptors (Lipinski definition) is 3. The molecule has 3 aromatic carbocycles. The molecule has 0 heterocycles. The highest BCUT2D eigenvalue weighted by molar-refractivity contribution is 5.95. The molecule has 2 N–H and O–H groups in total. The molecule has 0 aliphatic carbocycles. The van der Waals surface area contributed by atoms with Gasteiger partial charge in [-0.15, -0.1) is 0 Å². The summed E-state index contributed by atoms with van der Waals surface area (Å²) in [6.45, 7) is 2.46. The number of carbonyl (C=O) groups excluding carboxylic acids is 2. The van der Waals surface area contributed by atoms with Crippen LogP contribution in [0.5, 0.6) is 5.75 Å². The highest BCUT2D eigenvalue weighted by Gasteiger charge is 2.08. The van der Waals surface area contributed by atoms with Gasteiger partial charge < -0.3 is 4.74 Å². The maximum Gasteiger partial charge on any atom is 0.269 e. The quantitative estimate of drug-likeness (QED) is 0.646. The molecule has 3 aromatic rings. The van der Waals surface area contributed by atoms with Crippen LogP contribution in [-0.4, -0.2) is 18.4 Å². The van der Waals surface area contributed by atoms with Crippen LogP contribution in [0.15, 0.2) is 78.9 Å². The summed E-state index contributed by atoms with van der Waals surface area (Å²) in [5.74, 6) is 0.0320. The van der Waals surface area contributed by atoms with Gasteiger partial charge in [-0.2, -0.15) is 0 Å². The van der Waals surface area contributed by atoms with E-state index in [0.29, 0.717) is 17.9 Å². The van der Waals surface area contributed by atoms with Gasteiger partial charge in [0.2, 0.25) is 5.91 Å². The molecule has 0 saturated heterocycles. The Hall–Kier alpha value is -3.60. The summed E-state index contributed by atoms with van der Waals surface area (Å²) in [7, 11) is 0. The minimum absolute atomic E-state index is 0.179. The number of nitrogens with one attached hydrogen (secondary N) is 2. The first-order valence-electron chi connectivity index (χ1n) is 9.12. The average molecular weight is 374 g/mol. The summed E-state index contributed by atoms with van der Waals surface area (Å²) in [5, 5.41) is 0. The van der Waals surface area contributed by atoms with E-state index in [1.54, 1.807) is 24.3 Å². The molecule has 0 unspecified atom stereocenters. The van der Waals surface area contributed by atoms with Crippen molar-refractivity contribution >= 4 is 11.8 Å². The molecule has 0 spiro atoms. The molecule has 5 heteroatoms. The zero-order valence-corrected chi connectivity index (χ0v) is 15.6. The Labute approximate surface area is 164 Å². The van der Waals surface area contributed by atoms with E-state index in [4.69, 9.17) is 4.74 Å². The van der Waals surface area contributed by atoms with Gasteiger partial charge in [-0.3, -0.25) is 20.4 Å². The molecule has 3 rings (SSSR count). The molecular weight excluding hydrogens is 352 g/mol. The molecule has 0 atom stereocenters. The molecule has 28 heavy (non-hydrogen) atoms. The topological polar surface area (TPSA) is 67.4 Å². The molecule has 0 bridgehead atoms. The molecule has 5 nitrogen and oxygen atoms in total.